The van der Waals surface area contributed by atoms with Gasteiger partial charge in [0.2, 0.25) is 0 Å². The van der Waals surface area contributed by atoms with Crippen LogP contribution in [0.3, 0.4) is 0 Å². The molecule has 1 saturated carbocycles. The number of hydrogen-bond acceptors (Lipinski definition) is 7. The summed E-state index contributed by atoms with van der Waals surface area (Å²) < 4.78 is 0. The second-order valence-corrected chi connectivity index (χ2v) is 5.43. The number of anilines is 3. The van der Waals surface area contributed by atoms with Crippen molar-refractivity contribution in [3.05, 3.63) is 36.4 Å². The fourth-order valence-electron chi connectivity index (χ4n) is 2.57. The van der Waals surface area contributed by atoms with E-state index >= 15 is 0 Å². The van der Waals surface area contributed by atoms with Crippen LogP contribution in [0, 0.1) is 0 Å². The molecule has 8 heteroatoms. The lowest BCUT2D eigenvalue weighted by Crippen LogP contribution is -2.30. The number of aromatic nitrogens is 3. The highest BCUT2D eigenvalue weighted by Gasteiger charge is 2.17. The minimum Gasteiger partial charge on any atom is -0.393 e. The normalized spacial score (nSPS) is 14.4. The van der Waals surface area contributed by atoms with Gasteiger partial charge in [-0.25, -0.2) is 9.97 Å². The third kappa shape index (κ3) is 3.65. The average molecular weight is 313 g/mol. The number of carbonyl (C=O) groups excluding carboxylic acids is 1. The molecule has 0 unspecified atom stereocenters. The predicted octanol–water partition coefficient (Wildman–Crippen LogP) is 1.57. The summed E-state index contributed by atoms with van der Waals surface area (Å²) in [4.78, 5) is 24.1. The maximum Gasteiger partial charge on any atom is 0.269 e. The van der Waals surface area contributed by atoms with E-state index in [1.165, 1.54) is 19.2 Å². The van der Waals surface area contributed by atoms with Crippen LogP contribution in [0.5, 0.6) is 0 Å². The van der Waals surface area contributed by atoms with E-state index in [9.17, 15) is 4.79 Å². The summed E-state index contributed by atoms with van der Waals surface area (Å²) in [5, 5.41) is 3.33. The molecule has 0 aromatic carbocycles. The van der Waals surface area contributed by atoms with Crippen LogP contribution in [-0.4, -0.2) is 26.9 Å². The summed E-state index contributed by atoms with van der Waals surface area (Å²) in [7, 11) is 0. The van der Waals surface area contributed by atoms with Gasteiger partial charge in [0.25, 0.3) is 5.91 Å². The van der Waals surface area contributed by atoms with Crippen LogP contribution in [0.15, 0.2) is 30.9 Å². The lowest BCUT2D eigenvalue weighted by atomic mass is 10.2. The average Bonchev–Trinajstić information content (AvgIpc) is 3.09. The number of nitrogens with two attached hydrogens (primary N) is 1. The van der Waals surface area contributed by atoms with Crippen LogP contribution in [-0.2, 0) is 0 Å². The Bertz CT molecular complexity index is 671. The van der Waals surface area contributed by atoms with Crippen LogP contribution in [0.4, 0.5) is 17.3 Å². The number of nitrogens with one attached hydrogen (secondary N) is 3. The Morgan fingerprint density at radius 1 is 1.13 bits per heavy atom. The molecule has 0 aliphatic heterocycles. The Kier molecular flexibility index (Phi) is 4.51. The fraction of sp³-hybridized carbons (Fsp3) is 0.333. The van der Waals surface area contributed by atoms with E-state index in [1.807, 2.05) is 0 Å². The van der Waals surface area contributed by atoms with Crippen molar-refractivity contribution in [2.24, 2.45) is 0 Å². The van der Waals surface area contributed by atoms with Gasteiger partial charge in [0, 0.05) is 24.0 Å². The highest BCUT2D eigenvalue weighted by molar-refractivity contribution is 5.95. The Balaban J connectivity index is 1.64. The number of hydrazine groups is 1. The fourth-order valence-corrected chi connectivity index (χ4v) is 2.57. The highest BCUT2D eigenvalue weighted by Crippen LogP contribution is 2.26. The summed E-state index contributed by atoms with van der Waals surface area (Å²) in [5.41, 5.74) is 12.3. The molecule has 0 atom stereocenters. The van der Waals surface area contributed by atoms with Gasteiger partial charge in [0.05, 0.1) is 0 Å². The summed E-state index contributed by atoms with van der Waals surface area (Å²) in [5.74, 6) is 0.658. The van der Waals surface area contributed by atoms with Crippen LogP contribution in [0.25, 0.3) is 0 Å². The molecule has 1 fully saturated rings. The molecule has 1 amide bonds. The maximum absolute atomic E-state index is 12.0. The zero-order valence-corrected chi connectivity index (χ0v) is 12.6. The number of hydrogen-bond donors (Lipinski definition) is 4. The van der Waals surface area contributed by atoms with Gasteiger partial charge in [-0.15, -0.1) is 0 Å². The quantitative estimate of drug-likeness (QED) is 0.619. The van der Waals surface area contributed by atoms with Crippen molar-refractivity contribution in [2.45, 2.75) is 31.7 Å². The van der Waals surface area contributed by atoms with Gasteiger partial charge in [-0.3, -0.25) is 20.6 Å². The second kappa shape index (κ2) is 6.91. The zero-order valence-electron chi connectivity index (χ0n) is 12.6. The van der Waals surface area contributed by atoms with Gasteiger partial charge < -0.3 is 11.1 Å². The number of nitrogens with zero attached hydrogens (tertiary/aromatic N) is 3. The van der Waals surface area contributed by atoms with E-state index in [0.29, 0.717) is 28.9 Å². The van der Waals surface area contributed by atoms with Crippen molar-refractivity contribution in [3.8, 4) is 0 Å². The summed E-state index contributed by atoms with van der Waals surface area (Å²) in [6.07, 6.45) is 9.19. The minimum absolute atomic E-state index is 0.296. The summed E-state index contributed by atoms with van der Waals surface area (Å²) >= 11 is 0. The van der Waals surface area contributed by atoms with Crippen LogP contribution >= 0.6 is 0 Å². The molecule has 23 heavy (non-hydrogen) atoms. The van der Waals surface area contributed by atoms with Gasteiger partial charge in [0.1, 0.15) is 12.0 Å². The van der Waals surface area contributed by atoms with Crippen molar-refractivity contribution in [3.63, 3.8) is 0 Å². The van der Waals surface area contributed by atoms with Crippen LogP contribution in [0.1, 0.15) is 36.0 Å². The molecule has 2 heterocycles. The molecule has 1 aliphatic carbocycles. The van der Waals surface area contributed by atoms with E-state index in [-0.39, 0.29) is 5.91 Å². The molecule has 0 bridgehead atoms. The maximum atomic E-state index is 12.0. The van der Waals surface area contributed by atoms with E-state index in [2.05, 4.69) is 31.1 Å². The predicted molar refractivity (Wildman–Crippen MR) is 87.6 cm³/mol. The minimum atomic E-state index is -0.296. The first-order valence-electron chi connectivity index (χ1n) is 7.57. The lowest BCUT2D eigenvalue weighted by Gasteiger charge is -2.16. The van der Waals surface area contributed by atoms with Crippen LogP contribution in [0.2, 0.25) is 0 Å². The SMILES string of the molecule is Nc1c(NNC(=O)c2ccncc2)ncnc1NC1CCCC1. The van der Waals surface area contributed by atoms with Crippen molar-refractivity contribution < 1.29 is 4.79 Å². The first-order valence-corrected chi connectivity index (χ1v) is 7.57. The second-order valence-electron chi connectivity index (χ2n) is 5.43. The molecule has 120 valence electrons. The standard InChI is InChI=1S/C15H19N7O/c16-12-13(20-11-3-1-2-4-11)18-9-19-14(12)21-22-15(23)10-5-7-17-8-6-10/h5-9,11H,1-4,16H2,(H,22,23)(H2,18,19,20,21). The van der Waals surface area contributed by atoms with Crippen molar-refractivity contribution in [1.82, 2.24) is 20.4 Å². The van der Waals surface area contributed by atoms with E-state index in [4.69, 9.17) is 5.73 Å². The van der Waals surface area contributed by atoms with Gasteiger partial charge in [-0.2, -0.15) is 0 Å². The zero-order chi connectivity index (χ0) is 16.1. The van der Waals surface area contributed by atoms with E-state index in [1.54, 1.807) is 24.5 Å². The van der Waals surface area contributed by atoms with Crippen LogP contribution < -0.4 is 21.9 Å². The first kappa shape index (κ1) is 15.0. The lowest BCUT2D eigenvalue weighted by molar-refractivity contribution is 0.0962. The van der Waals surface area contributed by atoms with Crippen molar-refractivity contribution in [2.75, 3.05) is 16.5 Å². The van der Waals surface area contributed by atoms with E-state index < -0.39 is 0 Å². The molecule has 5 N–H and O–H groups in total. The Morgan fingerprint density at radius 2 is 1.83 bits per heavy atom. The molecule has 3 rings (SSSR count). The number of pyridine rings is 1. The molecule has 0 saturated heterocycles. The molecule has 1 aliphatic rings. The van der Waals surface area contributed by atoms with Gasteiger partial charge >= 0.3 is 0 Å². The number of amides is 1. The summed E-state index contributed by atoms with van der Waals surface area (Å²) in [6.45, 7) is 0. The molecular formula is C15H19N7O. The molecule has 0 radical (unpaired) electrons. The van der Waals surface area contributed by atoms with E-state index in [0.717, 1.165) is 12.8 Å². The Hall–Kier alpha value is -2.90. The van der Waals surface area contributed by atoms with Gasteiger partial charge in [-0.1, -0.05) is 12.8 Å². The third-order valence-corrected chi connectivity index (χ3v) is 3.82. The Labute approximate surface area is 133 Å². The molecule has 2 aromatic rings. The highest BCUT2D eigenvalue weighted by atomic mass is 16.2. The number of rotatable bonds is 5. The van der Waals surface area contributed by atoms with Gasteiger partial charge in [0.15, 0.2) is 11.6 Å². The van der Waals surface area contributed by atoms with Gasteiger partial charge in [-0.05, 0) is 25.0 Å². The number of nitrogen functional groups attached to an aromatic ring is 1. The summed E-state index contributed by atoms with van der Waals surface area (Å²) in [6, 6.07) is 3.63. The number of carbonyl (C=O) groups is 1. The topological polar surface area (TPSA) is 118 Å². The largest absolute Gasteiger partial charge is 0.393 e. The smallest absolute Gasteiger partial charge is 0.269 e. The molecule has 0 spiro atoms. The van der Waals surface area contributed by atoms with Crippen molar-refractivity contribution in [1.29, 1.82) is 0 Å². The third-order valence-electron chi connectivity index (χ3n) is 3.82. The Morgan fingerprint density at radius 3 is 2.57 bits per heavy atom. The molecule has 2 aromatic heterocycles. The van der Waals surface area contributed by atoms with Crippen molar-refractivity contribution >= 4 is 23.2 Å². The first-order chi connectivity index (χ1) is 11.2. The monoisotopic (exact) mass is 313 g/mol. The molecule has 8 nitrogen and oxygen atoms in total. The molecular weight excluding hydrogens is 294 g/mol.